The van der Waals surface area contributed by atoms with Crippen molar-refractivity contribution in [2.24, 2.45) is 0 Å². The zero-order valence-corrected chi connectivity index (χ0v) is 11.6. The van der Waals surface area contributed by atoms with Crippen molar-refractivity contribution in [3.05, 3.63) is 16.6 Å². The minimum Gasteiger partial charge on any atom is -0.351 e. The normalized spacial score (nSPS) is 11.1. The first kappa shape index (κ1) is 14.1. The van der Waals surface area contributed by atoms with Crippen LogP contribution in [0.4, 0.5) is 0 Å². The van der Waals surface area contributed by atoms with Crippen LogP contribution in [0.25, 0.3) is 0 Å². The molecule has 1 aromatic heterocycles. The number of nitrogens with zero attached hydrogens (tertiary/aromatic N) is 2. The lowest BCUT2D eigenvalue weighted by atomic mass is 10.2. The van der Waals surface area contributed by atoms with E-state index in [9.17, 15) is 4.79 Å². The number of hydrogen-bond donors (Lipinski definition) is 1. The van der Waals surface area contributed by atoms with E-state index in [1.807, 2.05) is 0 Å². The molecular weight excluding hydrogens is 234 g/mol. The predicted molar refractivity (Wildman–Crippen MR) is 71.4 cm³/mol. The Hall–Kier alpha value is -0.940. The van der Waals surface area contributed by atoms with E-state index in [-0.39, 0.29) is 5.91 Å². The van der Waals surface area contributed by atoms with Crippen molar-refractivity contribution in [3.8, 4) is 0 Å². The molecule has 0 aromatic carbocycles. The van der Waals surface area contributed by atoms with E-state index in [1.54, 1.807) is 10.9 Å². The van der Waals surface area contributed by atoms with Gasteiger partial charge in [-0.25, -0.2) is 4.98 Å². The summed E-state index contributed by atoms with van der Waals surface area (Å²) in [5, 5.41) is 4.64. The SMILES string of the molecule is CC(C)N(C)CCCCNC(=O)c1cscn1. The zero-order chi connectivity index (χ0) is 12.7. The molecule has 1 heterocycles. The molecule has 0 fully saturated rings. The molecule has 0 saturated carbocycles. The fourth-order valence-corrected chi connectivity index (χ4v) is 1.89. The molecule has 1 amide bonds. The van der Waals surface area contributed by atoms with Gasteiger partial charge in [-0.05, 0) is 40.3 Å². The summed E-state index contributed by atoms with van der Waals surface area (Å²) in [5.74, 6) is -0.0662. The maximum absolute atomic E-state index is 11.5. The molecule has 0 radical (unpaired) electrons. The van der Waals surface area contributed by atoms with E-state index in [0.717, 1.165) is 25.9 Å². The van der Waals surface area contributed by atoms with Crippen molar-refractivity contribution in [3.63, 3.8) is 0 Å². The number of rotatable bonds is 7. The Labute approximate surface area is 107 Å². The van der Waals surface area contributed by atoms with Crippen LogP contribution in [0.15, 0.2) is 10.9 Å². The minimum atomic E-state index is -0.0662. The molecule has 0 aliphatic carbocycles. The zero-order valence-electron chi connectivity index (χ0n) is 10.8. The third-order valence-corrected chi connectivity index (χ3v) is 3.36. The van der Waals surface area contributed by atoms with Crippen molar-refractivity contribution >= 4 is 17.2 Å². The Kier molecular flexibility index (Phi) is 6.15. The lowest BCUT2D eigenvalue weighted by Gasteiger charge is -2.20. The summed E-state index contributed by atoms with van der Waals surface area (Å²) in [6, 6.07) is 0.583. The Morgan fingerprint density at radius 3 is 2.88 bits per heavy atom. The minimum absolute atomic E-state index is 0.0662. The van der Waals surface area contributed by atoms with Gasteiger partial charge in [-0.2, -0.15) is 0 Å². The van der Waals surface area contributed by atoms with Gasteiger partial charge < -0.3 is 10.2 Å². The second-order valence-corrected chi connectivity index (χ2v) is 5.13. The van der Waals surface area contributed by atoms with Crippen molar-refractivity contribution in [2.45, 2.75) is 32.7 Å². The van der Waals surface area contributed by atoms with Gasteiger partial charge in [0, 0.05) is 18.0 Å². The summed E-state index contributed by atoms with van der Waals surface area (Å²) in [6.07, 6.45) is 2.11. The van der Waals surface area contributed by atoms with Gasteiger partial charge in [-0.1, -0.05) is 0 Å². The van der Waals surface area contributed by atoms with E-state index < -0.39 is 0 Å². The quantitative estimate of drug-likeness (QED) is 0.758. The first-order valence-electron chi connectivity index (χ1n) is 5.98. The molecule has 0 spiro atoms. The summed E-state index contributed by atoms with van der Waals surface area (Å²) < 4.78 is 0. The van der Waals surface area contributed by atoms with E-state index in [0.29, 0.717) is 11.7 Å². The molecular formula is C12H21N3OS. The van der Waals surface area contributed by atoms with Crippen LogP contribution in [0.1, 0.15) is 37.2 Å². The molecule has 0 saturated heterocycles. The summed E-state index contributed by atoms with van der Waals surface area (Å²) >= 11 is 1.44. The highest BCUT2D eigenvalue weighted by molar-refractivity contribution is 7.07. The Morgan fingerprint density at radius 1 is 1.53 bits per heavy atom. The molecule has 0 aliphatic heterocycles. The van der Waals surface area contributed by atoms with Crippen LogP contribution in [0.5, 0.6) is 0 Å². The van der Waals surface area contributed by atoms with Crippen molar-refractivity contribution in [2.75, 3.05) is 20.1 Å². The molecule has 5 heteroatoms. The number of carbonyl (C=O) groups is 1. The van der Waals surface area contributed by atoms with Crippen LogP contribution in [0.2, 0.25) is 0 Å². The maximum atomic E-state index is 11.5. The standard InChI is InChI=1S/C12H21N3OS/c1-10(2)15(3)7-5-4-6-13-12(16)11-8-17-9-14-11/h8-10H,4-7H2,1-3H3,(H,13,16). The highest BCUT2D eigenvalue weighted by Crippen LogP contribution is 2.01. The van der Waals surface area contributed by atoms with Crippen LogP contribution < -0.4 is 5.32 Å². The van der Waals surface area contributed by atoms with Crippen LogP contribution >= 0.6 is 11.3 Å². The van der Waals surface area contributed by atoms with Crippen molar-refractivity contribution in [1.29, 1.82) is 0 Å². The van der Waals surface area contributed by atoms with Gasteiger partial charge in [0.05, 0.1) is 5.51 Å². The third kappa shape index (κ3) is 5.28. The van der Waals surface area contributed by atoms with Gasteiger partial charge in [0.15, 0.2) is 0 Å². The highest BCUT2D eigenvalue weighted by atomic mass is 32.1. The number of nitrogens with one attached hydrogen (secondary N) is 1. The molecule has 17 heavy (non-hydrogen) atoms. The number of aromatic nitrogens is 1. The second-order valence-electron chi connectivity index (χ2n) is 4.41. The smallest absolute Gasteiger partial charge is 0.270 e. The lowest BCUT2D eigenvalue weighted by Crippen LogP contribution is -2.29. The topological polar surface area (TPSA) is 45.2 Å². The number of thiazole rings is 1. The molecule has 0 atom stereocenters. The average molecular weight is 255 g/mol. The fourth-order valence-electron chi connectivity index (χ4n) is 1.36. The first-order chi connectivity index (χ1) is 8.11. The maximum Gasteiger partial charge on any atom is 0.270 e. The molecule has 1 aromatic rings. The number of hydrogen-bond acceptors (Lipinski definition) is 4. The summed E-state index contributed by atoms with van der Waals surface area (Å²) in [5.41, 5.74) is 2.20. The van der Waals surface area contributed by atoms with Gasteiger partial charge in [0.2, 0.25) is 0 Å². The monoisotopic (exact) mass is 255 g/mol. The molecule has 0 unspecified atom stereocenters. The summed E-state index contributed by atoms with van der Waals surface area (Å²) in [4.78, 5) is 17.8. The molecule has 4 nitrogen and oxygen atoms in total. The van der Waals surface area contributed by atoms with E-state index in [4.69, 9.17) is 0 Å². The molecule has 0 aliphatic rings. The largest absolute Gasteiger partial charge is 0.351 e. The molecule has 1 rings (SSSR count). The van der Waals surface area contributed by atoms with Gasteiger partial charge in [-0.15, -0.1) is 11.3 Å². The van der Waals surface area contributed by atoms with Gasteiger partial charge in [0.1, 0.15) is 5.69 Å². The molecule has 0 bridgehead atoms. The summed E-state index contributed by atoms with van der Waals surface area (Å²) in [7, 11) is 2.12. The average Bonchev–Trinajstić information content (AvgIpc) is 2.81. The molecule has 96 valence electrons. The van der Waals surface area contributed by atoms with E-state index >= 15 is 0 Å². The van der Waals surface area contributed by atoms with E-state index in [2.05, 4.69) is 36.1 Å². The Bertz CT molecular complexity index is 325. The Balaban J connectivity index is 2.07. The van der Waals surface area contributed by atoms with Gasteiger partial charge >= 0.3 is 0 Å². The van der Waals surface area contributed by atoms with Crippen molar-refractivity contribution in [1.82, 2.24) is 15.2 Å². The number of amides is 1. The first-order valence-corrected chi connectivity index (χ1v) is 6.92. The Morgan fingerprint density at radius 2 is 2.29 bits per heavy atom. The van der Waals surface area contributed by atoms with Crippen LogP contribution in [0, 0.1) is 0 Å². The fraction of sp³-hybridized carbons (Fsp3) is 0.667. The van der Waals surface area contributed by atoms with Crippen LogP contribution in [-0.2, 0) is 0 Å². The lowest BCUT2D eigenvalue weighted by molar-refractivity contribution is 0.0948. The third-order valence-electron chi connectivity index (χ3n) is 2.77. The summed E-state index contributed by atoms with van der Waals surface area (Å²) in [6.45, 7) is 6.17. The van der Waals surface area contributed by atoms with Crippen LogP contribution in [0.3, 0.4) is 0 Å². The van der Waals surface area contributed by atoms with Gasteiger partial charge in [0.25, 0.3) is 5.91 Å². The van der Waals surface area contributed by atoms with Gasteiger partial charge in [-0.3, -0.25) is 4.79 Å². The number of carbonyl (C=O) groups excluding carboxylic acids is 1. The van der Waals surface area contributed by atoms with Crippen LogP contribution in [-0.4, -0.2) is 42.0 Å². The predicted octanol–water partition coefficient (Wildman–Crippen LogP) is 1.99. The highest BCUT2D eigenvalue weighted by Gasteiger charge is 2.06. The molecule has 1 N–H and O–H groups in total. The number of unbranched alkanes of at least 4 members (excludes halogenated alkanes) is 1. The van der Waals surface area contributed by atoms with Crippen molar-refractivity contribution < 1.29 is 4.79 Å². The van der Waals surface area contributed by atoms with E-state index in [1.165, 1.54) is 11.3 Å². The second kappa shape index (κ2) is 7.40.